The van der Waals surface area contributed by atoms with Crippen LogP contribution in [0.25, 0.3) is 0 Å². The average molecular weight is 343 g/mol. The van der Waals surface area contributed by atoms with E-state index in [1.54, 1.807) is 49.6 Å². The summed E-state index contributed by atoms with van der Waals surface area (Å²) in [7, 11) is 4.60. The van der Waals surface area contributed by atoms with Crippen molar-refractivity contribution in [3.8, 4) is 17.2 Å². The number of methoxy groups -OCH3 is 3. The normalized spacial score (nSPS) is 10.0. The first kappa shape index (κ1) is 18.3. The Morgan fingerprint density at radius 2 is 1.48 bits per heavy atom. The maximum absolute atomic E-state index is 12.4. The molecule has 0 fully saturated rings. The average Bonchev–Trinajstić information content (AvgIpc) is 2.66. The molecule has 2 rings (SSSR count). The SMILES string of the molecule is COc1ccc(NC(=O)CCC(=O)c2cc(OC)ccc2OC)cc1. The number of amides is 1. The van der Waals surface area contributed by atoms with Gasteiger partial charge in [0, 0.05) is 18.5 Å². The second-order valence-corrected chi connectivity index (χ2v) is 5.27. The van der Waals surface area contributed by atoms with Crippen LogP contribution in [0.5, 0.6) is 17.2 Å². The summed E-state index contributed by atoms with van der Waals surface area (Å²) >= 11 is 0. The molecular formula is C19H21NO5. The van der Waals surface area contributed by atoms with Gasteiger partial charge in [0.2, 0.25) is 5.91 Å². The fourth-order valence-electron chi connectivity index (χ4n) is 2.29. The summed E-state index contributed by atoms with van der Waals surface area (Å²) < 4.78 is 15.4. The Hall–Kier alpha value is -3.02. The van der Waals surface area contributed by atoms with E-state index in [2.05, 4.69) is 5.32 Å². The van der Waals surface area contributed by atoms with E-state index in [0.717, 1.165) is 0 Å². The summed E-state index contributed by atoms with van der Waals surface area (Å²) in [6.45, 7) is 0. The van der Waals surface area contributed by atoms with Gasteiger partial charge in [-0.15, -0.1) is 0 Å². The smallest absolute Gasteiger partial charge is 0.224 e. The fraction of sp³-hybridized carbons (Fsp3) is 0.263. The number of rotatable bonds is 8. The van der Waals surface area contributed by atoms with Crippen LogP contribution in [0.1, 0.15) is 23.2 Å². The Labute approximate surface area is 146 Å². The van der Waals surface area contributed by atoms with Crippen molar-refractivity contribution in [3.05, 3.63) is 48.0 Å². The van der Waals surface area contributed by atoms with Gasteiger partial charge < -0.3 is 19.5 Å². The van der Waals surface area contributed by atoms with Gasteiger partial charge in [-0.25, -0.2) is 0 Å². The zero-order valence-electron chi connectivity index (χ0n) is 14.5. The summed E-state index contributed by atoms with van der Waals surface area (Å²) in [6.07, 6.45) is 0.150. The van der Waals surface area contributed by atoms with Crippen LogP contribution in [-0.2, 0) is 4.79 Å². The number of Topliss-reactive ketones (excluding diaryl/α,β-unsaturated/α-hetero) is 1. The van der Waals surface area contributed by atoms with Crippen LogP contribution < -0.4 is 19.5 Å². The Morgan fingerprint density at radius 3 is 2.08 bits per heavy atom. The second kappa shape index (κ2) is 8.73. The number of nitrogens with one attached hydrogen (secondary N) is 1. The minimum absolute atomic E-state index is 0.0746. The highest BCUT2D eigenvalue weighted by Gasteiger charge is 2.15. The number of ether oxygens (including phenoxy) is 3. The molecular weight excluding hydrogens is 322 g/mol. The van der Waals surface area contributed by atoms with Crippen molar-refractivity contribution in [3.63, 3.8) is 0 Å². The molecule has 132 valence electrons. The zero-order valence-corrected chi connectivity index (χ0v) is 14.5. The highest BCUT2D eigenvalue weighted by atomic mass is 16.5. The third-order valence-corrected chi connectivity index (χ3v) is 3.66. The lowest BCUT2D eigenvalue weighted by atomic mass is 10.0. The third-order valence-electron chi connectivity index (χ3n) is 3.66. The molecule has 0 bridgehead atoms. The Balaban J connectivity index is 1.95. The first-order chi connectivity index (χ1) is 12.1. The molecule has 0 saturated heterocycles. The van der Waals surface area contributed by atoms with Crippen LogP contribution >= 0.6 is 0 Å². The molecule has 0 aliphatic rings. The van der Waals surface area contributed by atoms with Crippen molar-refractivity contribution >= 4 is 17.4 Å². The molecule has 0 atom stereocenters. The van der Waals surface area contributed by atoms with Crippen LogP contribution in [0.2, 0.25) is 0 Å². The van der Waals surface area contributed by atoms with Gasteiger partial charge in [-0.2, -0.15) is 0 Å². The number of benzene rings is 2. The highest BCUT2D eigenvalue weighted by Crippen LogP contribution is 2.25. The van der Waals surface area contributed by atoms with E-state index in [9.17, 15) is 9.59 Å². The van der Waals surface area contributed by atoms with Gasteiger partial charge in [0.25, 0.3) is 0 Å². The third kappa shape index (κ3) is 4.97. The lowest BCUT2D eigenvalue weighted by molar-refractivity contribution is -0.116. The molecule has 0 heterocycles. The molecule has 6 heteroatoms. The number of ketones is 1. The summed E-state index contributed by atoms with van der Waals surface area (Å²) in [4.78, 5) is 24.4. The monoisotopic (exact) mass is 343 g/mol. The van der Waals surface area contributed by atoms with Crippen molar-refractivity contribution in [2.75, 3.05) is 26.6 Å². The minimum Gasteiger partial charge on any atom is -0.497 e. The predicted octanol–water partition coefficient (Wildman–Crippen LogP) is 3.31. The second-order valence-electron chi connectivity index (χ2n) is 5.27. The zero-order chi connectivity index (χ0) is 18.2. The molecule has 0 unspecified atom stereocenters. The molecule has 2 aromatic rings. The summed E-state index contributed by atoms with van der Waals surface area (Å²) in [5.41, 5.74) is 1.05. The number of carbonyl (C=O) groups is 2. The molecule has 2 aromatic carbocycles. The van der Waals surface area contributed by atoms with Gasteiger partial charge in [0.05, 0.1) is 26.9 Å². The van der Waals surface area contributed by atoms with Crippen molar-refractivity contribution in [2.24, 2.45) is 0 Å². The summed E-state index contributed by atoms with van der Waals surface area (Å²) in [5.74, 6) is 1.31. The van der Waals surface area contributed by atoms with Crippen molar-refractivity contribution in [1.29, 1.82) is 0 Å². The largest absolute Gasteiger partial charge is 0.497 e. The molecule has 0 saturated carbocycles. The maximum atomic E-state index is 12.4. The fourth-order valence-corrected chi connectivity index (χ4v) is 2.29. The molecule has 6 nitrogen and oxygen atoms in total. The summed E-state index contributed by atoms with van der Waals surface area (Å²) in [5, 5.41) is 2.75. The van der Waals surface area contributed by atoms with Crippen molar-refractivity contribution < 1.29 is 23.8 Å². The van der Waals surface area contributed by atoms with Crippen LogP contribution in [0.15, 0.2) is 42.5 Å². The summed E-state index contributed by atoms with van der Waals surface area (Å²) in [6, 6.07) is 12.0. The van der Waals surface area contributed by atoms with E-state index >= 15 is 0 Å². The predicted molar refractivity (Wildman–Crippen MR) is 94.7 cm³/mol. The topological polar surface area (TPSA) is 73.9 Å². The van der Waals surface area contributed by atoms with E-state index in [1.807, 2.05) is 0 Å². The van der Waals surface area contributed by atoms with E-state index in [4.69, 9.17) is 14.2 Å². The molecule has 0 aromatic heterocycles. The van der Waals surface area contributed by atoms with Crippen molar-refractivity contribution in [2.45, 2.75) is 12.8 Å². The first-order valence-corrected chi connectivity index (χ1v) is 7.76. The standard InChI is InChI=1S/C19H21NO5/c1-23-14-6-4-13(5-7-14)20-19(22)11-9-17(21)16-12-15(24-2)8-10-18(16)25-3/h4-8,10,12H,9,11H2,1-3H3,(H,20,22). The Kier molecular flexibility index (Phi) is 6.39. The van der Waals surface area contributed by atoms with Gasteiger partial charge >= 0.3 is 0 Å². The minimum atomic E-state index is -0.236. The van der Waals surface area contributed by atoms with E-state index in [0.29, 0.717) is 28.5 Å². The lowest BCUT2D eigenvalue weighted by Gasteiger charge is -2.10. The lowest BCUT2D eigenvalue weighted by Crippen LogP contribution is -2.14. The molecule has 0 radical (unpaired) electrons. The van der Waals surface area contributed by atoms with Crippen LogP contribution in [0, 0.1) is 0 Å². The molecule has 0 aliphatic carbocycles. The van der Waals surface area contributed by atoms with Gasteiger partial charge in [0.15, 0.2) is 5.78 Å². The molecule has 0 aliphatic heterocycles. The quantitative estimate of drug-likeness (QED) is 0.744. The van der Waals surface area contributed by atoms with E-state index in [-0.39, 0.29) is 24.5 Å². The molecule has 0 spiro atoms. The highest BCUT2D eigenvalue weighted by molar-refractivity contribution is 6.02. The van der Waals surface area contributed by atoms with Crippen LogP contribution in [0.3, 0.4) is 0 Å². The first-order valence-electron chi connectivity index (χ1n) is 7.76. The van der Waals surface area contributed by atoms with Gasteiger partial charge in [-0.05, 0) is 42.5 Å². The molecule has 25 heavy (non-hydrogen) atoms. The Bertz CT molecular complexity index is 740. The molecule has 1 amide bonds. The van der Waals surface area contributed by atoms with Crippen LogP contribution in [-0.4, -0.2) is 33.0 Å². The molecule has 1 N–H and O–H groups in total. The number of anilines is 1. The van der Waals surface area contributed by atoms with Gasteiger partial charge in [-0.1, -0.05) is 0 Å². The number of hydrogen-bond donors (Lipinski definition) is 1. The van der Waals surface area contributed by atoms with E-state index in [1.165, 1.54) is 14.2 Å². The number of carbonyl (C=O) groups excluding carboxylic acids is 2. The Morgan fingerprint density at radius 1 is 0.840 bits per heavy atom. The van der Waals surface area contributed by atoms with E-state index < -0.39 is 0 Å². The van der Waals surface area contributed by atoms with Gasteiger partial charge in [0.1, 0.15) is 17.2 Å². The van der Waals surface area contributed by atoms with Gasteiger partial charge in [-0.3, -0.25) is 9.59 Å². The van der Waals surface area contributed by atoms with Crippen molar-refractivity contribution in [1.82, 2.24) is 0 Å². The number of hydrogen-bond acceptors (Lipinski definition) is 5. The maximum Gasteiger partial charge on any atom is 0.224 e. The van der Waals surface area contributed by atoms with Crippen LogP contribution in [0.4, 0.5) is 5.69 Å².